The first-order valence-corrected chi connectivity index (χ1v) is 9.60. The summed E-state index contributed by atoms with van der Waals surface area (Å²) in [6, 6.07) is 13.9. The smallest absolute Gasteiger partial charge is 0.0971 e. The topological polar surface area (TPSA) is 49.7 Å². The molecule has 0 saturated heterocycles. The van der Waals surface area contributed by atoms with Gasteiger partial charge >= 0.3 is 0 Å². The number of aromatic nitrogens is 4. The first kappa shape index (κ1) is 16.8. The highest BCUT2D eigenvalue weighted by Gasteiger charge is 2.21. The third kappa shape index (κ3) is 3.12. The van der Waals surface area contributed by atoms with Crippen molar-refractivity contribution in [1.82, 2.24) is 24.9 Å². The van der Waals surface area contributed by atoms with Crippen LogP contribution in [0.1, 0.15) is 17.0 Å². The van der Waals surface area contributed by atoms with Crippen LogP contribution in [0.5, 0.6) is 0 Å². The molecular weight excluding hydrogens is 381 g/mol. The SMILES string of the molecule is Clc1ccc(-n2cc(CN3CCc4c([nH]c5ccccc45)C3)nn2)cc1Cl. The number of hydrogen-bond donors (Lipinski definition) is 1. The van der Waals surface area contributed by atoms with Crippen LogP contribution in [0.25, 0.3) is 16.6 Å². The van der Waals surface area contributed by atoms with Crippen LogP contribution in [0.4, 0.5) is 0 Å². The van der Waals surface area contributed by atoms with Gasteiger partial charge in [0.2, 0.25) is 0 Å². The van der Waals surface area contributed by atoms with Gasteiger partial charge in [-0.3, -0.25) is 4.90 Å². The Morgan fingerprint density at radius 1 is 1.07 bits per heavy atom. The van der Waals surface area contributed by atoms with Crippen molar-refractivity contribution in [3.05, 3.63) is 75.7 Å². The van der Waals surface area contributed by atoms with E-state index in [0.29, 0.717) is 10.0 Å². The van der Waals surface area contributed by atoms with Crippen molar-refractivity contribution < 1.29 is 0 Å². The molecule has 0 amide bonds. The van der Waals surface area contributed by atoms with Gasteiger partial charge in [0.1, 0.15) is 0 Å². The lowest BCUT2D eigenvalue weighted by atomic mass is 10.0. The van der Waals surface area contributed by atoms with E-state index < -0.39 is 0 Å². The predicted octanol–water partition coefficient (Wildman–Crippen LogP) is 4.61. The minimum Gasteiger partial charge on any atom is -0.357 e. The molecule has 1 aliphatic heterocycles. The summed E-state index contributed by atoms with van der Waals surface area (Å²) in [5.74, 6) is 0. The average Bonchev–Trinajstić information content (AvgIpc) is 3.28. The molecule has 2 aromatic heterocycles. The molecule has 1 aliphatic rings. The van der Waals surface area contributed by atoms with Gasteiger partial charge in [-0.2, -0.15) is 0 Å². The van der Waals surface area contributed by atoms with E-state index in [9.17, 15) is 0 Å². The lowest BCUT2D eigenvalue weighted by Gasteiger charge is -2.25. The highest BCUT2D eigenvalue weighted by molar-refractivity contribution is 6.42. The maximum atomic E-state index is 6.10. The fraction of sp³-hybridized carbons (Fsp3) is 0.200. The van der Waals surface area contributed by atoms with Crippen LogP contribution >= 0.6 is 23.2 Å². The molecule has 2 aromatic carbocycles. The zero-order chi connectivity index (χ0) is 18.4. The van der Waals surface area contributed by atoms with Gasteiger partial charge in [0, 0.05) is 36.2 Å². The van der Waals surface area contributed by atoms with E-state index in [0.717, 1.165) is 37.4 Å². The summed E-state index contributed by atoms with van der Waals surface area (Å²) in [6.45, 7) is 2.66. The second-order valence-corrected chi connectivity index (χ2v) is 7.66. The second-order valence-electron chi connectivity index (χ2n) is 6.84. The quantitative estimate of drug-likeness (QED) is 0.548. The Morgan fingerprint density at radius 2 is 1.96 bits per heavy atom. The Morgan fingerprint density at radius 3 is 2.85 bits per heavy atom. The zero-order valence-corrected chi connectivity index (χ0v) is 16.0. The van der Waals surface area contributed by atoms with E-state index >= 15 is 0 Å². The Bertz CT molecular complexity index is 1130. The third-order valence-electron chi connectivity index (χ3n) is 5.06. The number of aromatic amines is 1. The van der Waals surface area contributed by atoms with Crippen LogP contribution in [0.2, 0.25) is 10.0 Å². The highest BCUT2D eigenvalue weighted by Crippen LogP contribution is 2.28. The summed E-state index contributed by atoms with van der Waals surface area (Å²) in [5.41, 5.74) is 5.75. The van der Waals surface area contributed by atoms with Crippen LogP contribution in [0.15, 0.2) is 48.7 Å². The molecule has 4 aromatic rings. The maximum Gasteiger partial charge on any atom is 0.0971 e. The first-order chi connectivity index (χ1) is 13.2. The van der Waals surface area contributed by atoms with E-state index in [1.807, 2.05) is 12.3 Å². The molecule has 136 valence electrons. The minimum absolute atomic E-state index is 0.508. The van der Waals surface area contributed by atoms with E-state index in [1.54, 1.807) is 16.8 Å². The molecule has 0 saturated carbocycles. The molecular formula is C20H17Cl2N5. The summed E-state index contributed by atoms with van der Waals surface area (Å²) in [4.78, 5) is 5.95. The van der Waals surface area contributed by atoms with E-state index in [-0.39, 0.29) is 0 Å². The number of nitrogens with one attached hydrogen (secondary N) is 1. The van der Waals surface area contributed by atoms with Crippen molar-refractivity contribution in [2.75, 3.05) is 6.54 Å². The number of nitrogens with zero attached hydrogens (tertiary/aromatic N) is 4. The van der Waals surface area contributed by atoms with Gasteiger partial charge in [0.25, 0.3) is 0 Å². The number of para-hydroxylation sites is 1. The molecule has 7 heteroatoms. The van der Waals surface area contributed by atoms with Crippen LogP contribution in [-0.2, 0) is 19.5 Å². The van der Waals surface area contributed by atoms with Crippen LogP contribution in [0.3, 0.4) is 0 Å². The molecule has 3 heterocycles. The van der Waals surface area contributed by atoms with Gasteiger partial charge in [0.15, 0.2) is 0 Å². The number of benzene rings is 2. The number of halogens is 2. The van der Waals surface area contributed by atoms with E-state index in [4.69, 9.17) is 23.2 Å². The molecule has 0 spiro atoms. The number of rotatable bonds is 3. The van der Waals surface area contributed by atoms with Crippen molar-refractivity contribution >= 4 is 34.1 Å². The molecule has 5 nitrogen and oxygen atoms in total. The number of H-pyrrole nitrogens is 1. The molecule has 0 radical (unpaired) electrons. The number of hydrogen-bond acceptors (Lipinski definition) is 3. The monoisotopic (exact) mass is 397 g/mol. The Kier molecular flexibility index (Phi) is 4.16. The lowest BCUT2D eigenvalue weighted by molar-refractivity contribution is 0.240. The summed E-state index contributed by atoms with van der Waals surface area (Å²) < 4.78 is 1.73. The number of fused-ring (bicyclic) bond motifs is 3. The van der Waals surface area contributed by atoms with Gasteiger partial charge < -0.3 is 4.98 Å². The van der Waals surface area contributed by atoms with Crippen molar-refractivity contribution in [1.29, 1.82) is 0 Å². The van der Waals surface area contributed by atoms with E-state index in [2.05, 4.69) is 44.5 Å². The molecule has 0 bridgehead atoms. The lowest BCUT2D eigenvalue weighted by Crippen LogP contribution is -2.30. The standard InChI is InChI=1S/C20H17Cl2N5/c21-17-6-5-14(9-18(17)22)27-11-13(24-25-27)10-26-8-7-16-15-3-1-2-4-19(15)23-20(16)12-26/h1-6,9,11,23H,7-8,10,12H2. The molecule has 5 rings (SSSR count). The summed E-state index contributed by atoms with van der Waals surface area (Å²) in [5, 5.41) is 10.9. The van der Waals surface area contributed by atoms with Crippen LogP contribution < -0.4 is 0 Å². The van der Waals surface area contributed by atoms with Crippen LogP contribution in [-0.4, -0.2) is 31.4 Å². The van der Waals surface area contributed by atoms with Crippen molar-refractivity contribution in [2.24, 2.45) is 0 Å². The Balaban J connectivity index is 1.34. The fourth-order valence-corrected chi connectivity index (χ4v) is 4.03. The summed E-state index contributed by atoms with van der Waals surface area (Å²) in [7, 11) is 0. The molecule has 0 atom stereocenters. The zero-order valence-electron chi connectivity index (χ0n) is 14.5. The molecule has 0 unspecified atom stereocenters. The van der Waals surface area contributed by atoms with Gasteiger partial charge in [-0.15, -0.1) is 5.10 Å². The van der Waals surface area contributed by atoms with Gasteiger partial charge in [-0.05, 0) is 36.2 Å². The summed E-state index contributed by atoms with van der Waals surface area (Å²) in [6.07, 6.45) is 2.99. The van der Waals surface area contributed by atoms with Crippen molar-refractivity contribution in [3.63, 3.8) is 0 Å². The molecule has 27 heavy (non-hydrogen) atoms. The first-order valence-electron chi connectivity index (χ1n) is 8.85. The Hall–Kier alpha value is -2.34. The third-order valence-corrected chi connectivity index (χ3v) is 5.79. The van der Waals surface area contributed by atoms with Crippen LogP contribution in [0, 0.1) is 0 Å². The molecule has 1 N–H and O–H groups in total. The van der Waals surface area contributed by atoms with Crippen molar-refractivity contribution in [2.45, 2.75) is 19.5 Å². The molecule has 0 aliphatic carbocycles. The second kappa shape index (κ2) is 6.68. The largest absolute Gasteiger partial charge is 0.357 e. The predicted molar refractivity (Wildman–Crippen MR) is 107 cm³/mol. The highest BCUT2D eigenvalue weighted by atomic mass is 35.5. The maximum absolute atomic E-state index is 6.10. The fourth-order valence-electron chi connectivity index (χ4n) is 3.74. The minimum atomic E-state index is 0.508. The van der Waals surface area contributed by atoms with Crippen molar-refractivity contribution in [3.8, 4) is 5.69 Å². The Labute approximate surface area is 166 Å². The normalized spacial score (nSPS) is 14.6. The van der Waals surface area contributed by atoms with Gasteiger partial charge in [-0.25, -0.2) is 4.68 Å². The summed E-state index contributed by atoms with van der Waals surface area (Å²) >= 11 is 12.1. The van der Waals surface area contributed by atoms with Gasteiger partial charge in [-0.1, -0.05) is 46.6 Å². The average molecular weight is 398 g/mol. The van der Waals surface area contributed by atoms with E-state index in [1.165, 1.54) is 22.2 Å². The molecule has 0 fully saturated rings. The van der Waals surface area contributed by atoms with Gasteiger partial charge in [0.05, 0.1) is 27.6 Å².